The van der Waals surface area contributed by atoms with E-state index < -0.39 is 0 Å². The van der Waals surface area contributed by atoms with E-state index in [-0.39, 0.29) is 5.78 Å². The minimum Gasteiger partial charge on any atom is -0.377 e. The monoisotopic (exact) mass is 171 g/mol. The summed E-state index contributed by atoms with van der Waals surface area (Å²) in [6.07, 6.45) is 3.36. The Bertz CT molecular complexity index is 141. The molecule has 1 N–H and O–H groups in total. The molecule has 0 aromatic carbocycles. The summed E-state index contributed by atoms with van der Waals surface area (Å²) in [4.78, 5) is 10.6. The summed E-state index contributed by atoms with van der Waals surface area (Å²) in [6.45, 7) is 4.20. The molecule has 0 bridgehead atoms. The molecule has 1 heterocycles. The molecule has 1 saturated heterocycles. The van der Waals surface area contributed by atoms with Gasteiger partial charge in [0.2, 0.25) is 0 Å². The minimum absolute atomic E-state index is 0.245. The maximum atomic E-state index is 10.6. The van der Waals surface area contributed by atoms with Gasteiger partial charge < -0.3 is 10.1 Å². The Kier molecular flexibility index (Phi) is 4.25. The molecule has 3 nitrogen and oxygen atoms in total. The average Bonchev–Trinajstić information content (AvgIpc) is 2.49. The number of ketones is 1. The van der Waals surface area contributed by atoms with Gasteiger partial charge in [0.1, 0.15) is 5.78 Å². The van der Waals surface area contributed by atoms with Crippen LogP contribution in [0, 0.1) is 0 Å². The number of Topliss-reactive ketones (excluding diaryl/α,β-unsaturated/α-hetero) is 1. The standard InChI is InChI=1S/C9H17NO2/c1-8(11)4-5-10-7-9-3-2-6-12-9/h9-10H,2-7H2,1H3. The Morgan fingerprint density at radius 2 is 2.50 bits per heavy atom. The molecule has 12 heavy (non-hydrogen) atoms. The van der Waals surface area contributed by atoms with Crippen molar-refractivity contribution in [2.75, 3.05) is 19.7 Å². The fraction of sp³-hybridized carbons (Fsp3) is 0.889. The highest BCUT2D eigenvalue weighted by atomic mass is 16.5. The summed E-state index contributed by atoms with van der Waals surface area (Å²) in [7, 11) is 0. The molecule has 0 amide bonds. The predicted molar refractivity (Wildman–Crippen MR) is 47.1 cm³/mol. The quantitative estimate of drug-likeness (QED) is 0.620. The first-order valence-corrected chi connectivity index (χ1v) is 4.61. The molecular weight excluding hydrogens is 154 g/mol. The molecule has 1 unspecified atom stereocenters. The summed E-state index contributed by atoms with van der Waals surface area (Å²) in [5, 5.41) is 3.21. The fourth-order valence-corrected chi connectivity index (χ4v) is 1.33. The molecule has 1 aliphatic rings. The van der Waals surface area contributed by atoms with Crippen molar-refractivity contribution in [1.29, 1.82) is 0 Å². The molecular formula is C9H17NO2. The molecule has 0 saturated carbocycles. The van der Waals surface area contributed by atoms with E-state index in [1.165, 1.54) is 6.42 Å². The Morgan fingerprint density at radius 1 is 1.67 bits per heavy atom. The largest absolute Gasteiger partial charge is 0.377 e. The van der Waals surface area contributed by atoms with Crippen LogP contribution < -0.4 is 5.32 Å². The van der Waals surface area contributed by atoms with Crippen LogP contribution in [0.15, 0.2) is 0 Å². The van der Waals surface area contributed by atoms with Gasteiger partial charge in [0.15, 0.2) is 0 Å². The van der Waals surface area contributed by atoms with Crippen LogP contribution in [-0.2, 0) is 9.53 Å². The lowest BCUT2D eigenvalue weighted by Crippen LogP contribution is -2.27. The summed E-state index contributed by atoms with van der Waals surface area (Å²) < 4.78 is 5.41. The van der Waals surface area contributed by atoms with Crippen LogP contribution in [0.3, 0.4) is 0 Å². The molecule has 70 valence electrons. The molecule has 0 radical (unpaired) electrons. The molecule has 1 aliphatic heterocycles. The van der Waals surface area contributed by atoms with Crippen molar-refractivity contribution < 1.29 is 9.53 Å². The average molecular weight is 171 g/mol. The maximum Gasteiger partial charge on any atom is 0.131 e. The third kappa shape index (κ3) is 3.83. The second kappa shape index (κ2) is 5.27. The van der Waals surface area contributed by atoms with Crippen molar-refractivity contribution in [1.82, 2.24) is 5.32 Å². The lowest BCUT2D eigenvalue weighted by atomic mass is 10.2. The first-order chi connectivity index (χ1) is 5.79. The zero-order valence-corrected chi connectivity index (χ0v) is 7.64. The van der Waals surface area contributed by atoms with Crippen LogP contribution in [-0.4, -0.2) is 31.6 Å². The third-order valence-corrected chi connectivity index (χ3v) is 2.05. The van der Waals surface area contributed by atoms with Crippen molar-refractivity contribution >= 4 is 5.78 Å². The summed E-state index contributed by atoms with van der Waals surface area (Å²) in [5.41, 5.74) is 0. The first-order valence-electron chi connectivity index (χ1n) is 4.61. The minimum atomic E-state index is 0.245. The van der Waals surface area contributed by atoms with Crippen molar-refractivity contribution in [3.8, 4) is 0 Å². The van der Waals surface area contributed by atoms with Crippen LogP contribution in [0.2, 0.25) is 0 Å². The van der Waals surface area contributed by atoms with Crippen molar-refractivity contribution in [3.63, 3.8) is 0 Å². The second-order valence-corrected chi connectivity index (χ2v) is 3.29. The summed E-state index contributed by atoms with van der Waals surface area (Å²) in [5.74, 6) is 0.245. The highest BCUT2D eigenvalue weighted by Gasteiger charge is 2.14. The van der Waals surface area contributed by atoms with Gasteiger partial charge >= 0.3 is 0 Å². The number of carbonyl (C=O) groups is 1. The number of hydrogen-bond donors (Lipinski definition) is 1. The highest BCUT2D eigenvalue weighted by molar-refractivity contribution is 5.75. The van der Waals surface area contributed by atoms with E-state index in [0.717, 1.165) is 26.1 Å². The Labute approximate surface area is 73.5 Å². The SMILES string of the molecule is CC(=O)CCNCC1CCCO1. The fourth-order valence-electron chi connectivity index (χ4n) is 1.33. The molecule has 1 fully saturated rings. The van der Waals surface area contributed by atoms with Gasteiger partial charge in [0.05, 0.1) is 6.10 Å². The van der Waals surface area contributed by atoms with E-state index in [0.29, 0.717) is 12.5 Å². The van der Waals surface area contributed by atoms with Crippen molar-refractivity contribution in [2.24, 2.45) is 0 Å². The van der Waals surface area contributed by atoms with Crippen LogP contribution in [0.1, 0.15) is 26.2 Å². The molecule has 0 aromatic heterocycles. The van der Waals surface area contributed by atoms with E-state index in [2.05, 4.69) is 5.32 Å². The van der Waals surface area contributed by atoms with Gasteiger partial charge in [-0.1, -0.05) is 0 Å². The van der Waals surface area contributed by atoms with Crippen molar-refractivity contribution in [3.05, 3.63) is 0 Å². The molecule has 1 atom stereocenters. The normalized spacial score (nSPS) is 22.9. The third-order valence-electron chi connectivity index (χ3n) is 2.05. The van der Waals surface area contributed by atoms with Gasteiger partial charge in [-0.3, -0.25) is 4.79 Å². The van der Waals surface area contributed by atoms with E-state index >= 15 is 0 Å². The van der Waals surface area contributed by atoms with Gasteiger partial charge in [0, 0.05) is 26.1 Å². The van der Waals surface area contributed by atoms with Crippen LogP contribution in [0.25, 0.3) is 0 Å². The van der Waals surface area contributed by atoms with E-state index in [1.807, 2.05) is 0 Å². The Hall–Kier alpha value is -0.410. The number of carbonyl (C=O) groups excluding carboxylic acids is 1. The van der Waals surface area contributed by atoms with Crippen LogP contribution in [0.4, 0.5) is 0 Å². The predicted octanol–water partition coefficient (Wildman–Crippen LogP) is 0.734. The van der Waals surface area contributed by atoms with Gasteiger partial charge in [-0.2, -0.15) is 0 Å². The number of nitrogens with one attached hydrogen (secondary N) is 1. The Balaban J connectivity index is 1.91. The van der Waals surface area contributed by atoms with Gasteiger partial charge in [-0.25, -0.2) is 0 Å². The number of ether oxygens (including phenoxy) is 1. The smallest absolute Gasteiger partial charge is 0.131 e. The van der Waals surface area contributed by atoms with E-state index in [9.17, 15) is 4.79 Å². The van der Waals surface area contributed by atoms with Gasteiger partial charge in [0.25, 0.3) is 0 Å². The zero-order chi connectivity index (χ0) is 8.81. The molecule has 0 aliphatic carbocycles. The topological polar surface area (TPSA) is 38.3 Å². The second-order valence-electron chi connectivity index (χ2n) is 3.29. The number of hydrogen-bond acceptors (Lipinski definition) is 3. The van der Waals surface area contributed by atoms with E-state index in [1.54, 1.807) is 6.92 Å². The maximum absolute atomic E-state index is 10.6. The van der Waals surface area contributed by atoms with Crippen LogP contribution >= 0.6 is 0 Å². The first kappa shape index (κ1) is 9.68. The molecule has 3 heteroatoms. The lowest BCUT2D eigenvalue weighted by molar-refractivity contribution is -0.116. The molecule has 1 rings (SSSR count). The van der Waals surface area contributed by atoms with Crippen LogP contribution in [0.5, 0.6) is 0 Å². The summed E-state index contributed by atoms with van der Waals surface area (Å²) >= 11 is 0. The highest BCUT2D eigenvalue weighted by Crippen LogP contribution is 2.10. The number of rotatable bonds is 5. The molecule has 0 aromatic rings. The summed E-state index contributed by atoms with van der Waals surface area (Å²) in [6, 6.07) is 0. The zero-order valence-electron chi connectivity index (χ0n) is 7.64. The van der Waals surface area contributed by atoms with E-state index in [4.69, 9.17) is 4.74 Å². The lowest BCUT2D eigenvalue weighted by Gasteiger charge is -2.09. The van der Waals surface area contributed by atoms with Crippen molar-refractivity contribution in [2.45, 2.75) is 32.3 Å². The molecule has 0 spiro atoms. The Morgan fingerprint density at radius 3 is 3.08 bits per heavy atom. The van der Waals surface area contributed by atoms with Gasteiger partial charge in [-0.05, 0) is 19.8 Å². The van der Waals surface area contributed by atoms with Gasteiger partial charge in [-0.15, -0.1) is 0 Å².